The summed E-state index contributed by atoms with van der Waals surface area (Å²) in [6, 6.07) is 8.24. The van der Waals surface area contributed by atoms with Crippen LogP contribution in [0.5, 0.6) is 0 Å². The zero-order chi connectivity index (χ0) is 11.8. The predicted molar refractivity (Wildman–Crippen MR) is 67.3 cm³/mol. The van der Waals surface area contributed by atoms with E-state index in [1.54, 1.807) is 0 Å². The van der Waals surface area contributed by atoms with Gasteiger partial charge in [0.2, 0.25) is 0 Å². The van der Waals surface area contributed by atoms with Crippen molar-refractivity contribution in [2.75, 3.05) is 0 Å². The molecule has 1 aliphatic rings. The van der Waals surface area contributed by atoms with E-state index in [1.165, 1.54) is 12.0 Å². The third-order valence-electron chi connectivity index (χ3n) is 3.86. The van der Waals surface area contributed by atoms with Gasteiger partial charge in [0.05, 0.1) is 5.60 Å². The molecule has 0 aliphatic heterocycles. The Balaban J connectivity index is 2.35. The molecule has 0 radical (unpaired) electrons. The molecule has 1 aliphatic carbocycles. The van der Waals surface area contributed by atoms with Crippen molar-refractivity contribution in [3.63, 3.8) is 0 Å². The zero-order valence-electron chi connectivity index (χ0n) is 10.6. The maximum absolute atomic E-state index is 10.9. The highest BCUT2D eigenvalue weighted by molar-refractivity contribution is 5.31. The van der Waals surface area contributed by atoms with E-state index in [-0.39, 0.29) is 5.41 Å². The fourth-order valence-electron chi connectivity index (χ4n) is 3.15. The number of benzene rings is 1. The molecule has 0 saturated heterocycles. The van der Waals surface area contributed by atoms with E-state index in [0.717, 1.165) is 24.8 Å². The smallest absolute Gasteiger partial charge is 0.0904 e. The van der Waals surface area contributed by atoms with Crippen molar-refractivity contribution >= 4 is 0 Å². The lowest BCUT2D eigenvalue weighted by molar-refractivity contribution is -0.0444. The minimum atomic E-state index is -0.604. The first-order valence-corrected chi connectivity index (χ1v) is 6.22. The summed E-state index contributed by atoms with van der Waals surface area (Å²) in [6.45, 7) is 6.61. The summed E-state index contributed by atoms with van der Waals surface area (Å²) >= 11 is 0. The van der Waals surface area contributed by atoms with Crippen molar-refractivity contribution in [1.29, 1.82) is 0 Å². The summed E-state index contributed by atoms with van der Waals surface area (Å²) < 4.78 is 0. The van der Waals surface area contributed by atoms with Crippen molar-refractivity contribution in [3.8, 4) is 0 Å². The Labute approximate surface area is 98.5 Å². The number of aryl methyl sites for hydroxylation is 1. The Morgan fingerprint density at radius 1 is 1.12 bits per heavy atom. The molecular weight excluding hydrogens is 196 g/mol. The fraction of sp³-hybridized carbons (Fsp3) is 0.600. The van der Waals surface area contributed by atoms with Crippen LogP contribution in [0.4, 0.5) is 0 Å². The Morgan fingerprint density at radius 3 is 2.44 bits per heavy atom. The quantitative estimate of drug-likeness (QED) is 0.760. The van der Waals surface area contributed by atoms with Crippen LogP contribution in [-0.2, 0) is 5.60 Å². The number of aliphatic hydroxyl groups is 1. The number of hydrogen-bond acceptors (Lipinski definition) is 1. The van der Waals surface area contributed by atoms with E-state index in [4.69, 9.17) is 0 Å². The first kappa shape index (κ1) is 11.7. The first-order valence-electron chi connectivity index (χ1n) is 6.22. The van der Waals surface area contributed by atoms with Gasteiger partial charge in [-0.3, -0.25) is 0 Å². The van der Waals surface area contributed by atoms with Crippen molar-refractivity contribution in [2.45, 2.75) is 52.1 Å². The van der Waals surface area contributed by atoms with E-state index >= 15 is 0 Å². The lowest BCUT2D eigenvalue weighted by atomic mass is 9.67. The molecule has 0 amide bonds. The molecule has 0 aromatic heterocycles. The second kappa shape index (κ2) is 3.89. The molecule has 1 N–H and O–H groups in total. The van der Waals surface area contributed by atoms with Crippen LogP contribution in [0, 0.1) is 12.3 Å². The van der Waals surface area contributed by atoms with Gasteiger partial charge < -0.3 is 5.11 Å². The largest absolute Gasteiger partial charge is 0.385 e. The highest BCUT2D eigenvalue weighted by Gasteiger charge is 2.40. The van der Waals surface area contributed by atoms with Gasteiger partial charge in [-0.1, -0.05) is 38.1 Å². The molecule has 16 heavy (non-hydrogen) atoms. The van der Waals surface area contributed by atoms with E-state index < -0.39 is 5.60 Å². The van der Waals surface area contributed by atoms with Gasteiger partial charge in [0.25, 0.3) is 0 Å². The lowest BCUT2D eigenvalue weighted by Crippen LogP contribution is -2.37. The maximum Gasteiger partial charge on any atom is 0.0904 e. The van der Waals surface area contributed by atoms with E-state index in [0.29, 0.717) is 0 Å². The van der Waals surface area contributed by atoms with Gasteiger partial charge in [0, 0.05) is 0 Å². The second-order valence-corrected chi connectivity index (χ2v) is 6.04. The standard InChI is InChI=1S/C15H22O/c1-12-7-4-5-8-13(12)15(16)10-6-9-14(2,3)11-15/h4-5,7-8,16H,6,9-11H2,1-3H3. The molecule has 1 unspecified atom stereocenters. The van der Waals surface area contributed by atoms with E-state index in [9.17, 15) is 5.11 Å². The molecule has 0 spiro atoms. The van der Waals surface area contributed by atoms with Crippen molar-refractivity contribution in [2.24, 2.45) is 5.41 Å². The Kier molecular flexibility index (Phi) is 2.83. The number of hydrogen-bond donors (Lipinski definition) is 1. The van der Waals surface area contributed by atoms with Gasteiger partial charge in [-0.05, 0) is 49.1 Å². The highest BCUT2D eigenvalue weighted by atomic mass is 16.3. The molecule has 2 rings (SSSR count). The van der Waals surface area contributed by atoms with Crippen LogP contribution in [0.25, 0.3) is 0 Å². The second-order valence-electron chi connectivity index (χ2n) is 6.04. The summed E-state index contributed by atoms with van der Waals surface area (Å²) in [7, 11) is 0. The van der Waals surface area contributed by atoms with Crippen LogP contribution in [0.15, 0.2) is 24.3 Å². The molecule has 0 heterocycles. The minimum absolute atomic E-state index is 0.259. The summed E-state index contributed by atoms with van der Waals surface area (Å²) in [5.74, 6) is 0. The van der Waals surface area contributed by atoms with Crippen molar-refractivity contribution in [1.82, 2.24) is 0 Å². The molecule has 1 aromatic carbocycles. The average molecular weight is 218 g/mol. The van der Waals surface area contributed by atoms with Gasteiger partial charge in [0.15, 0.2) is 0 Å². The van der Waals surface area contributed by atoms with Gasteiger partial charge >= 0.3 is 0 Å². The Bertz CT molecular complexity index is 381. The molecule has 1 nitrogen and oxygen atoms in total. The van der Waals surface area contributed by atoms with Gasteiger partial charge in [-0.2, -0.15) is 0 Å². The minimum Gasteiger partial charge on any atom is -0.385 e. The van der Waals surface area contributed by atoms with Crippen LogP contribution < -0.4 is 0 Å². The Morgan fingerprint density at radius 2 is 1.81 bits per heavy atom. The van der Waals surface area contributed by atoms with Crippen LogP contribution in [0.3, 0.4) is 0 Å². The zero-order valence-corrected chi connectivity index (χ0v) is 10.6. The van der Waals surface area contributed by atoms with E-state index in [2.05, 4.69) is 32.9 Å². The molecule has 0 bridgehead atoms. The molecule has 1 atom stereocenters. The number of rotatable bonds is 1. The molecule has 1 aromatic rings. The third-order valence-corrected chi connectivity index (χ3v) is 3.86. The molecule has 1 saturated carbocycles. The van der Waals surface area contributed by atoms with E-state index in [1.807, 2.05) is 12.1 Å². The molecular formula is C15H22O. The van der Waals surface area contributed by atoms with Crippen molar-refractivity contribution < 1.29 is 5.11 Å². The van der Waals surface area contributed by atoms with Gasteiger partial charge in [-0.25, -0.2) is 0 Å². The average Bonchev–Trinajstić information content (AvgIpc) is 2.16. The van der Waals surface area contributed by atoms with Crippen LogP contribution in [0.2, 0.25) is 0 Å². The molecule has 1 heteroatoms. The van der Waals surface area contributed by atoms with Gasteiger partial charge in [-0.15, -0.1) is 0 Å². The SMILES string of the molecule is Cc1ccccc1C1(O)CCCC(C)(C)C1. The summed E-state index contributed by atoms with van der Waals surface area (Å²) in [6.07, 6.45) is 4.13. The molecule has 1 fully saturated rings. The highest BCUT2D eigenvalue weighted by Crippen LogP contribution is 2.46. The lowest BCUT2D eigenvalue weighted by Gasteiger charge is -2.42. The summed E-state index contributed by atoms with van der Waals surface area (Å²) in [4.78, 5) is 0. The molecule has 88 valence electrons. The summed E-state index contributed by atoms with van der Waals surface area (Å²) in [5.41, 5.74) is 1.99. The topological polar surface area (TPSA) is 20.2 Å². The predicted octanol–water partition coefficient (Wildman–Crippen LogP) is 3.78. The normalized spacial score (nSPS) is 29.0. The van der Waals surface area contributed by atoms with Crippen LogP contribution >= 0.6 is 0 Å². The summed E-state index contributed by atoms with van der Waals surface area (Å²) in [5, 5.41) is 10.9. The third kappa shape index (κ3) is 2.15. The van der Waals surface area contributed by atoms with Crippen molar-refractivity contribution in [3.05, 3.63) is 35.4 Å². The fourth-order valence-corrected chi connectivity index (χ4v) is 3.15. The Hall–Kier alpha value is -0.820. The van der Waals surface area contributed by atoms with Gasteiger partial charge in [0.1, 0.15) is 0 Å². The van der Waals surface area contributed by atoms with Crippen LogP contribution in [0.1, 0.15) is 50.7 Å². The first-order chi connectivity index (χ1) is 7.43. The van der Waals surface area contributed by atoms with Crippen LogP contribution in [-0.4, -0.2) is 5.11 Å². The monoisotopic (exact) mass is 218 g/mol. The maximum atomic E-state index is 10.9.